The molecule has 2 rings (SSSR count). The highest BCUT2D eigenvalue weighted by Gasteiger charge is 2.39. The van der Waals surface area contributed by atoms with E-state index in [1.54, 1.807) is 0 Å². The maximum atomic E-state index is 11.7. The highest BCUT2D eigenvalue weighted by Crippen LogP contribution is 2.24. The van der Waals surface area contributed by atoms with Gasteiger partial charge in [0.05, 0.1) is 7.11 Å². The molecule has 96 valence electrons. The van der Waals surface area contributed by atoms with Crippen LogP contribution in [0.4, 0.5) is 0 Å². The first-order valence-corrected chi connectivity index (χ1v) is 6.01. The van der Waals surface area contributed by atoms with Crippen molar-refractivity contribution < 1.29 is 14.3 Å². The molecule has 0 N–H and O–H groups in total. The fourth-order valence-corrected chi connectivity index (χ4v) is 1.96. The third-order valence-electron chi connectivity index (χ3n) is 2.94. The molecule has 1 aromatic rings. The lowest BCUT2D eigenvalue weighted by molar-refractivity contribution is -0.144. The smallest absolute Gasteiger partial charge is 0.334 e. The predicted octanol–water partition coefficient (Wildman–Crippen LogP) is 2.03. The monoisotopic (exact) mass is 247 g/mol. The molecule has 0 amide bonds. The number of esters is 1. The minimum absolute atomic E-state index is 0.194. The SMILES string of the molecule is COC(=O)[C@H]1N=C(c2ccccc2)O[C@@H]1C(C)C. The molecule has 0 saturated carbocycles. The van der Waals surface area contributed by atoms with Crippen LogP contribution in [0.15, 0.2) is 35.3 Å². The van der Waals surface area contributed by atoms with E-state index in [2.05, 4.69) is 4.99 Å². The minimum Gasteiger partial charge on any atom is -0.471 e. The summed E-state index contributed by atoms with van der Waals surface area (Å²) < 4.78 is 10.6. The third-order valence-corrected chi connectivity index (χ3v) is 2.94. The molecule has 18 heavy (non-hydrogen) atoms. The molecule has 1 heterocycles. The lowest BCUT2D eigenvalue weighted by atomic mass is 10.0. The van der Waals surface area contributed by atoms with Gasteiger partial charge in [0, 0.05) is 5.56 Å². The molecule has 0 aliphatic carbocycles. The summed E-state index contributed by atoms with van der Waals surface area (Å²) >= 11 is 0. The van der Waals surface area contributed by atoms with E-state index >= 15 is 0 Å². The topological polar surface area (TPSA) is 47.9 Å². The Morgan fingerprint density at radius 1 is 1.33 bits per heavy atom. The van der Waals surface area contributed by atoms with E-state index in [9.17, 15) is 4.79 Å². The van der Waals surface area contributed by atoms with Gasteiger partial charge < -0.3 is 9.47 Å². The second kappa shape index (κ2) is 5.21. The van der Waals surface area contributed by atoms with Gasteiger partial charge >= 0.3 is 5.97 Å². The lowest BCUT2D eigenvalue weighted by Crippen LogP contribution is -2.35. The quantitative estimate of drug-likeness (QED) is 0.768. The van der Waals surface area contributed by atoms with Gasteiger partial charge in [0.2, 0.25) is 5.90 Å². The first-order valence-electron chi connectivity index (χ1n) is 6.01. The number of carbonyl (C=O) groups is 1. The number of benzene rings is 1. The molecule has 0 fully saturated rings. The number of methoxy groups -OCH3 is 1. The van der Waals surface area contributed by atoms with Crippen LogP contribution < -0.4 is 0 Å². The van der Waals surface area contributed by atoms with Gasteiger partial charge in [-0.25, -0.2) is 9.79 Å². The number of ether oxygens (including phenoxy) is 2. The van der Waals surface area contributed by atoms with Gasteiger partial charge in [-0.1, -0.05) is 32.0 Å². The van der Waals surface area contributed by atoms with E-state index in [1.807, 2.05) is 44.2 Å². The summed E-state index contributed by atoms with van der Waals surface area (Å²) in [4.78, 5) is 16.0. The Balaban J connectivity index is 2.27. The average molecular weight is 247 g/mol. The standard InChI is InChI=1S/C14H17NO3/c1-9(2)12-11(14(16)17-3)15-13(18-12)10-7-5-4-6-8-10/h4-9,11-12H,1-3H3/t11-,12+/m0/s1. The first kappa shape index (κ1) is 12.6. The van der Waals surface area contributed by atoms with Crippen molar-refractivity contribution in [1.29, 1.82) is 0 Å². The predicted molar refractivity (Wildman–Crippen MR) is 68.5 cm³/mol. The molecule has 0 radical (unpaired) electrons. The number of carbonyl (C=O) groups excluding carboxylic acids is 1. The van der Waals surface area contributed by atoms with Crippen LogP contribution in [0.2, 0.25) is 0 Å². The molecular weight excluding hydrogens is 230 g/mol. The molecular formula is C14H17NO3. The van der Waals surface area contributed by atoms with Crippen LogP contribution >= 0.6 is 0 Å². The van der Waals surface area contributed by atoms with Gasteiger partial charge in [-0.3, -0.25) is 0 Å². The zero-order chi connectivity index (χ0) is 13.1. The Labute approximate surface area is 107 Å². The molecule has 4 heteroatoms. The molecule has 0 unspecified atom stereocenters. The van der Waals surface area contributed by atoms with Crippen LogP contribution in [0.5, 0.6) is 0 Å². The van der Waals surface area contributed by atoms with E-state index in [4.69, 9.17) is 9.47 Å². The number of hydrogen-bond acceptors (Lipinski definition) is 4. The van der Waals surface area contributed by atoms with Crippen LogP contribution in [-0.4, -0.2) is 31.1 Å². The first-order chi connectivity index (χ1) is 8.63. The molecule has 4 nitrogen and oxygen atoms in total. The summed E-state index contributed by atoms with van der Waals surface area (Å²) in [6, 6.07) is 9.02. The second-order valence-electron chi connectivity index (χ2n) is 4.59. The Hall–Kier alpha value is -1.84. The highest BCUT2D eigenvalue weighted by atomic mass is 16.5. The van der Waals surface area contributed by atoms with Crippen molar-refractivity contribution in [2.45, 2.75) is 26.0 Å². The largest absolute Gasteiger partial charge is 0.471 e. The van der Waals surface area contributed by atoms with Gasteiger partial charge in [-0.2, -0.15) is 0 Å². The van der Waals surface area contributed by atoms with E-state index in [-0.39, 0.29) is 18.0 Å². The minimum atomic E-state index is -0.565. The Bertz CT molecular complexity index is 453. The van der Waals surface area contributed by atoms with Crippen LogP contribution in [0, 0.1) is 5.92 Å². The number of nitrogens with zero attached hydrogens (tertiary/aromatic N) is 1. The number of aliphatic imine (C=N–C) groups is 1. The van der Waals surface area contributed by atoms with Crippen molar-refractivity contribution in [3.63, 3.8) is 0 Å². The summed E-state index contributed by atoms with van der Waals surface area (Å²) in [5.74, 6) is 0.364. The second-order valence-corrected chi connectivity index (χ2v) is 4.59. The lowest BCUT2D eigenvalue weighted by Gasteiger charge is -2.19. The number of hydrogen-bond donors (Lipinski definition) is 0. The maximum Gasteiger partial charge on any atom is 0.334 e. The average Bonchev–Trinajstić information content (AvgIpc) is 2.84. The van der Waals surface area contributed by atoms with Crippen LogP contribution in [0.3, 0.4) is 0 Å². The highest BCUT2D eigenvalue weighted by molar-refractivity contribution is 5.98. The summed E-state index contributed by atoms with van der Waals surface area (Å²) in [6.45, 7) is 4.01. The van der Waals surface area contributed by atoms with E-state index in [0.29, 0.717) is 5.90 Å². The molecule has 0 aromatic heterocycles. The summed E-state index contributed by atoms with van der Waals surface area (Å²) in [6.07, 6.45) is -0.257. The van der Waals surface area contributed by atoms with Gasteiger partial charge in [0.15, 0.2) is 6.04 Å². The Kier molecular flexibility index (Phi) is 3.65. The zero-order valence-electron chi connectivity index (χ0n) is 10.8. The van der Waals surface area contributed by atoms with Crippen molar-refractivity contribution in [3.05, 3.63) is 35.9 Å². The van der Waals surface area contributed by atoms with Gasteiger partial charge in [0.25, 0.3) is 0 Å². The van der Waals surface area contributed by atoms with E-state index in [1.165, 1.54) is 7.11 Å². The molecule has 0 bridgehead atoms. The van der Waals surface area contributed by atoms with Crippen molar-refractivity contribution in [1.82, 2.24) is 0 Å². The molecule has 1 aromatic carbocycles. The van der Waals surface area contributed by atoms with Gasteiger partial charge in [-0.05, 0) is 18.1 Å². The van der Waals surface area contributed by atoms with Gasteiger partial charge in [-0.15, -0.1) is 0 Å². The Morgan fingerprint density at radius 3 is 2.56 bits per heavy atom. The molecule has 1 aliphatic rings. The molecule has 0 saturated heterocycles. The maximum absolute atomic E-state index is 11.7. The Morgan fingerprint density at radius 2 is 2.00 bits per heavy atom. The molecule has 2 atom stereocenters. The third kappa shape index (κ3) is 2.37. The summed E-state index contributed by atoms with van der Waals surface area (Å²) in [5.41, 5.74) is 0.884. The fraction of sp³-hybridized carbons (Fsp3) is 0.429. The zero-order valence-corrected chi connectivity index (χ0v) is 10.8. The fourth-order valence-electron chi connectivity index (χ4n) is 1.96. The van der Waals surface area contributed by atoms with Crippen molar-refractivity contribution in [2.24, 2.45) is 10.9 Å². The van der Waals surface area contributed by atoms with Crippen molar-refractivity contribution >= 4 is 11.9 Å². The summed E-state index contributed by atoms with van der Waals surface area (Å²) in [7, 11) is 1.37. The molecule has 1 aliphatic heterocycles. The van der Waals surface area contributed by atoms with E-state index < -0.39 is 6.04 Å². The van der Waals surface area contributed by atoms with Crippen molar-refractivity contribution in [3.8, 4) is 0 Å². The van der Waals surface area contributed by atoms with Crippen LogP contribution in [-0.2, 0) is 14.3 Å². The van der Waals surface area contributed by atoms with Crippen molar-refractivity contribution in [2.75, 3.05) is 7.11 Å². The summed E-state index contributed by atoms with van der Waals surface area (Å²) in [5, 5.41) is 0. The normalized spacial score (nSPS) is 22.6. The van der Waals surface area contributed by atoms with Crippen LogP contribution in [0.25, 0.3) is 0 Å². The number of rotatable bonds is 3. The van der Waals surface area contributed by atoms with Crippen LogP contribution in [0.1, 0.15) is 19.4 Å². The van der Waals surface area contributed by atoms with Gasteiger partial charge in [0.1, 0.15) is 6.10 Å². The van der Waals surface area contributed by atoms with E-state index in [0.717, 1.165) is 5.56 Å². The molecule has 0 spiro atoms.